The molecule has 0 aliphatic heterocycles. The second-order valence-electron chi connectivity index (χ2n) is 7.73. The molecule has 0 aliphatic rings. The second kappa shape index (κ2) is 11.1. The summed E-state index contributed by atoms with van der Waals surface area (Å²) in [4.78, 5) is 0. The molecule has 0 saturated carbocycles. The Balaban J connectivity index is 1.73. The van der Waals surface area contributed by atoms with Gasteiger partial charge in [-0.2, -0.15) is 0 Å². The van der Waals surface area contributed by atoms with Crippen LogP contribution in [0.4, 0.5) is 0 Å². The topological polar surface area (TPSA) is 35.1 Å². The molecule has 0 bridgehead atoms. The van der Waals surface area contributed by atoms with Gasteiger partial charge in [-0.25, -0.2) is 0 Å². The molecule has 0 heterocycles. The molecular weight excluding hydrogens is 394 g/mol. The van der Waals surface area contributed by atoms with E-state index < -0.39 is 0 Å². The number of rotatable bonds is 10. The first-order chi connectivity index (χ1) is 14.6. The molecule has 0 saturated heterocycles. The van der Waals surface area contributed by atoms with Crippen molar-refractivity contribution in [3.8, 4) is 11.5 Å². The highest BCUT2D eigenvalue weighted by molar-refractivity contribution is 6.30. The molecule has 30 heavy (non-hydrogen) atoms. The summed E-state index contributed by atoms with van der Waals surface area (Å²) >= 11 is 5.99. The van der Waals surface area contributed by atoms with Crippen molar-refractivity contribution in [2.75, 3.05) is 13.7 Å². The van der Waals surface area contributed by atoms with Gasteiger partial charge in [-0.15, -0.1) is 0 Å². The number of hydrogen-bond acceptors (Lipinski definition) is 2. The molecule has 0 aliphatic carbocycles. The van der Waals surface area contributed by atoms with Crippen molar-refractivity contribution < 1.29 is 14.8 Å². The van der Waals surface area contributed by atoms with Crippen LogP contribution >= 0.6 is 11.6 Å². The third kappa shape index (κ3) is 6.25. The Morgan fingerprint density at radius 3 is 2.27 bits per heavy atom. The minimum absolute atomic E-state index is 0.170. The van der Waals surface area contributed by atoms with Crippen LogP contribution in [0.3, 0.4) is 0 Å². The van der Waals surface area contributed by atoms with Gasteiger partial charge in [0.15, 0.2) is 0 Å². The predicted molar refractivity (Wildman–Crippen MR) is 124 cm³/mol. The number of quaternary nitrogens is 1. The zero-order valence-electron chi connectivity index (χ0n) is 18.0. The van der Waals surface area contributed by atoms with Gasteiger partial charge in [-0.1, -0.05) is 54.1 Å². The number of para-hydroxylation sites is 1. The highest BCUT2D eigenvalue weighted by Crippen LogP contribution is 2.34. The second-order valence-corrected chi connectivity index (χ2v) is 8.16. The molecule has 1 atom stereocenters. The molecule has 0 fully saturated rings. The Labute approximate surface area is 185 Å². The van der Waals surface area contributed by atoms with Crippen LogP contribution in [0.2, 0.25) is 5.02 Å². The average Bonchev–Trinajstić information content (AvgIpc) is 2.75. The summed E-state index contributed by atoms with van der Waals surface area (Å²) in [5, 5.41) is 3.13. The molecule has 4 heteroatoms. The largest absolute Gasteiger partial charge is 0.496 e. The minimum atomic E-state index is 0.170. The summed E-state index contributed by atoms with van der Waals surface area (Å²) in [6.07, 6.45) is 1.18. The molecule has 3 rings (SSSR count). The van der Waals surface area contributed by atoms with Crippen molar-refractivity contribution in [2.24, 2.45) is 0 Å². The van der Waals surface area contributed by atoms with Crippen molar-refractivity contribution in [3.63, 3.8) is 0 Å². The highest BCUT2D eigenvalue weighted by atomic mass is 35.5. The Hall–Kier alpha value is -2.49. The Kier molecular flexibility index (Phi) is 8.18. The van der Waals surface area contributed by atoms with Crippen LogP contribution in [0, 0.1) is 0 Å². The average molecular weight is 425 g/mol. The van der Waals surface area contributed by atoms with E-state index in [9.17, 15) is 0 Å². The smallest absolute Gasteiger partial charge is 0.122 e. The van der Waals surface area contributed by atoms with Crippen LogP contribution in [0.25, 0.3) is 0 Å². The van der Waals surface area contributed by atoms with E-state index in [1.165, 1.54) is 16.7 Å². The molecular formula is C26H31ClNO2+. The fraction of sp³-hybridized carbons (Fsp3) is 0.308. The third-order valence-corrected chi connectivity index (χ3v) is 5.37. The van der Waals surface area contributed by atoms with Gasteiger partial charge in [0.2, 0.25) is 0 Å². The highest BCUT2D eigenvalue weighted by Gasteiger charge is 2.19. The summed E-state index contributed by atoms with van der Waals surface area (Å²) in [6.45, 7) is 6.04. The van der Waals surface area contributed by atoms with E-state index in [-0.39, 0.29) is 12.0 Å². The fourth-order valence-electron chi connectivity index (χ4n) is 3.68. The van der Waals surface area contributed by atoms with E-state index in [0.29, 0.717) is 0 Å². The lowest BCUT2D eigenvalue weighted by Gasteiger charge is -2.20. The normalized spacial score (nSPS) is 12.0. The van der Waals surface area contributed by atoms with E-state index in [1.54, 1.807) is 7.11 Å². The Morgan fingerprint density at radius 2 is 1.60 bits per heavy atom. The minimum Gasteiger partial charge on any atom is -0.496 e. The lowest BCUT2D eigenvalue weighted by atomic mass is 9.88. The van der Waals surface area contributed by atoms with E-state index in [4.69, 9.17) is 21.1 Å². The molecule has 0 unspecified atom stereocenters. The van der Waals surface area contributed by atoms with Crippen LogP contribution in [0.5, 0.6) is 11.5 Å². The first-order valence-corrected chi connectivity index (χ1v) is 10.9. The van der Waals surface area contributed by atoms with Crippen LogP contribution < -0.4 is 14.8 Å². The van der Waals surface area contributed by atoms with Crippen molar-refractivity contribution >= 4 is 11.6 Å². The van der Waals surface area contributed by atoms with Gasteiger partial charge in [0, 0.05) is 28.5 Å². The maximum absolute atomic E-state index is 5.99. The number of methoxy groups -OCH3 is 1. The maximum Gasteiger partial charge on any atom is 0.122 e. The van der Waals surface area contributed by atoms with Gasteiger partial charge in [0.05, 0.1) is 19.8 Å². The van der Waals surface area contributed by atoms with Crippen molar-refractivity contribution in [1.29, 1.82) is 0 Å². The van der Waals surface area contributed by atoms with Gasteiger partial charge in [0.1, 0.15) is 18.0 Å². The molecule has 2 N–H and O–H groups in total. The summed E-state index contributed by atoms with van der Waals surface area (Å²) in [5.41, 5.74) is 3.77. The van der Waals surface area contributed by atoms with Crippen LogP contribution in [0.1, 0.15) is 42.9 Å². The first kappa shape index (κ1) is 22.2. The lowest BCUT2D eigenvalue weighted by molar-refractivity contribution is -0.671. The summed E-state index contributed by atoms with van der Waals surface area (Å²) in [5.74, 6) is 2.10. The lowest BCUT2D eigenvalue weighted by Crippen LogP contribution is -2.82. The molecule has 0 amide bonds. The number of hydrogen-bond donors (Lipinski definition) is 1. The van der Waals surface area contributed by atoms with Crippen LogP contribution in [-0.2, 0) is 6.54 Å². The number of halogens is 1. The van der Waals surface area contributed by atoms with Gasteiger partial charge in [-0.3, -0.25) is 0 Å². The molecule has 3 aromatic rings. The SMILES string of the molecule is COc1ccccc1[C@@H](CC[NH2+]Cc1ccc(Cl)cc1)c1ccc(OC(C)C)cc1. The first-order valence-electron chi connectivity index (χ1n) is 10.5. The van der Waals surface area contributed by atoms with Crippen molar-refractivity contribution in [2.45, 2.75) is 38.8 Å². The van der Waals surface area contributed by atoms with Gasteiger partial charge < -0.3 is 14.8 Å². The van der Waals surface area contributed by atoms with E-state index in [1.807, 2.05) is 38.1 Å². The van der Waals surface area contributed by atoms with Crippen LogP contribution in [-0.4, -0.2) is 19.8 Å². The summed E-state index contributed by atoms with van der Waals surface area (Å²) in [7, 11) is 1.74. The predicted octanol–water partition coefficient (Wildman–Crippen LogP) is 5.42. The molecule has 3 nitrogen and oxygen atoms in total. The summed E-state index contributed by atoms with van der Waals surface area (Å²) in [6, 6.07) is 24.9. The van der Waals surface area contributed by atoms with E-state index >= 15 is 0 Å². The quantitative estimate of drug-likeness (QED) is 0.441. The fourth-order valence-corrected chi connectivity index (χ4v) is 3.81. The van der Waals surface area contributed by atoms with E-state index in [0.717, 1.165) is 36.0 Å². The van der Waals surface area contributed by atoms with Gasteiger partial charge in [0.25, 0.3) is 0 Å². The molecule has 0 aromatic heterocycles. The Morgan fingerprint density at radius 1 is 0.900 bits per heavy atom. The number of benzene rings is 3. The zero-order valence-corrected chi connectivity index (χ0v) is 18.7. The third-order valence-electron chi connectivity index (χ3n) is 5.12. The van der Waals surface area contributed by atoms with Crippen molar-refractivity contribution in [3.05, 3.63) is 94.5 Å². The molecule has 3 aromatic carbocycles. The van der Waals surface area contributed by atoms with E-state index in [2.05, 4.69) is 53.8 Å². The zero-order chi connectivity index (χ0) is 21.3. The molecule has 158 valence electrons. The van der Waals surface area contributed by atoms with Gasteiger partial charge >= 0.3 is 0 Å². The van der Waals surface area contributed by atoms with Gasteiger partial charge in [-0.05, 0) is 49.7 Å². The molecule has 0 spiro atoms. The van der Waals surface area contributed by atoms with Crippen LogP contribution in [0.15, 0.2) is 72.8 Å². The summed E-state index contributed by atoms with van der Waals surface area (Å²) < 4.78 is 11.5. The maximum atomic E-state index is 5.99. The van der Waals surface area contributed by atoms with Crippen molar-refractivity contribution in [1.82, 2.24) is 0 Å². The molecule has 0 radical (unpaired) electrons. The Bertz CT molecular complexity index is 907. The number of nitrogens with two attached hydrogens (primary N) is 1. The number of ether oxygens (including phenoxy) is 2. The standard InChI is InChI=1S/C26H30ClNO2/c1-19(2)30-23-14-10-21(11-15-23)24(25-6-4-5-7-26(25)29-3)16-17-28-18-20-8-12-22(27)13-9-20/h4-15,19,24,28H,16-18H2,1-3H3/p+1/t24-/m0/s1. The monoisotopic (exact) mass is 424 g/mol.